The van der Waals surface area contributed by atoms with Gasteiger partial charge in [0.15, 0.2) is 0 Å². The minimum Gasteiger partial charge on any atom is -0.478 e. The molecule has 1 aromatic carbocycles. The quantitative estimate of drug-likeness (QED) is 0.813. The zero-order valence-corrected chi connectivity index (χ0v) is 10.8. The van der Waals surface area contributed by atoms with Crippen molar-refractivity contribution < 1.29 is 14.7 Å². The lowest BCUT2D eigenvalue weighted by Gasteiger charge is -2.11. The van der Waals surface area contributed by atoms with Crippen LogP contribution in [-0.2, 0) is 4.79 Å². The predicted molar refractivity (Wildman–Crippen MR) is 70.7 cm³/mol. The van der Waals surface area contributed by atoms with Crippen molar-refractivity contribution in [3.63, 3.8) is 0 Å². The molecular weight excluding hydrogens is 230 g/mol. The molecule has 1 aromatic rings. The lowest BCUT2D eigenvalue weighted by Crippen LogP contribution is -2.20. The van der Waals surface area contributed by atoms with Crippen molar-refractivity contribution >= 4 is 17.6 Å². The zero-order valence-electron chi connectivity index (χ0n) is 10.8. The molecule has 2 N–H and O–H groups in total. The van der Waals surface area contributed by atoms with E-state index in [2.05, 4.69) is 12.2 Å². The van der Waals surface area contributed by atoms with Crippen LogP contribution in [0.1, 0.15) is 43.5 Å². The van der Waals surface area contributed by atoms with Crippen LogP contribution in [0.3, 0.4) is 0 Å². The number of amides is 1. The average molecular weight is 249 g/mol. The number of unbranched alkanes of at least 4 members (excludes halogenated alkanes) is 1. The van der Waals surface area contributed by atoms with Gasteiger partial charge in [-0.25, -0.2) is 4.79 Å². The number of anilines is 1. The molecule has 4 nitrogen and oxygen atoms in total. The van der Waals surface area contributed by atoms with Crippen LogP contribution in [-0.4, -0.2) is 17.0 Å². The minimum atomic E-state index is -0.995. The van der Waals surface area contributed by atoms with Gasteiger partial charge in [-0.1, -0.05) is 32.8 Å². The molecule has 98 valence electrons. The summed E-state index contributed by atoms with van der Waals surface area (Å²) in [6.07, 6.45) is 2.93. The molecule has 0 saturated carbocycles. The van der Waals surface area contributed by atoms with E-state index in [9.17, 15) is 9.59 Å². The van der Waals surface area contributed by atoms with Crippen LogP contribution in [0.5, 0.6) is 0 Å². The van der Waals surface area contributed by atoms with Crippen LogP contribution in [0.25, 0.3) is 0 Å². The summed E-state index contributed by atoms with van der Waals surface area (Å²) >= 11 is 0. The summed E-state index contributed by atoms with van der Waals surface area (Å²) < 4.78 is 0. The van der Waals surface area contributed by atoms with Crippen LogP contribution >= 0.6 is 0 Å². The Hall–Kier alpha value is -1.84. The van der Waals surface area contributed by atoms with Gasteiger partial charge in [0.05, 0.1) is 5.56 Å². The highest BCUT2D eigenvalue weighted by molar-refractivity contribution is 5.94. The van der Waals surface area contributed by atoms with Crippen LogP contribution < -0.4 is 5.32 Å². The topological polar surface area (TPSA) is 66.4 Å². The molecule has 18 heavy (non-hydrogen) atoms. The fourth-order valence-corrected chi connectivity index (χ4v) is 1.64. The summed E-state index contributed by atoms with van der Waals surface area (Å²) in [6.45, 7) is 3.97. The number of carbonyl (C=O) groups excluding carboxylic acids is 1. The summed E-state index contributed by atoms with van der Waals surface area (Å²) in [5.74, 6) is -1.12. The normalized spacial score (nSPS) is 11.9. The highest BCUT2D eigenvalue weighted by Gasteiger charge is 2.13. The summed E-state index contributed by atoms with van der Waals surface area (Å²) in [6, 6.07) is 6.28. The van der Waals surface area contributed by atoms with E-state index >= 15 is 0 Å². The molecule has 0 radical (unpaired) electrons. The van der Waals surface area contributed by atoms with Crippen LogP contribution in [0.4, 0.5) is 5.69 Å². The molecule has 0 spiro atoms. The van der Waals surface area contributed by atoms with Crippen molar-refractivity contribution in [1.82, 2.24) is 0 Å². The number of carboxylic acid groups (broad SMARTS) is 1. The molecule has 0 aliphatic heterocycles. The van der Waals surface area contributed by atoms with Gasteiger partial charge in [0, 0.05) is 11.6 Å². The molecular formula is C14H19NO3. The Balaban J connectivity index is 2.64. The first-order valence-electron chi connectivity index (χ1n) is 6.18. The maximum absolute atomic E-state index is 11.8. The lowest BCUT2D eigenvalue weighted by molar-refractivity contribution is -0.119. The fourth-order valence-electron chi connectivity index (χ4n) is 1.64. The standard InChI is InChI=1S/C14H19NO3/c1-3-4-6-10(2)13(16)15-12-8-5-7-11(9-12)14(17)18/h5,7-10H,3-4,6H2,1-2H3,(H,15,16)(H,17,18). The highest BCUT2D eigenvalue weighted by atomic mass is 16.4. The van der Waals surface area contributed by atoms with E-state index in [4.69, 9.17) is 5.11 Å². The van der Waals surface area contributed by atoms with Gasteiger partial charge in [-0.3, -0.25) is 4.79 Å². The molecule has 0 aliphatic carbocycles. The molecule has 0 bridgehead atoms. The van der Waals surface area contributed by atoms with Gasteiger partial charge < -0.3 is 10.4 Å². The second kappa shape index (κ2) is 6.79. The van der Waals surface area contributed by atoms with Gasteiger partial charge in [-0.05, 0) is 24.6 Å². The third kappa shape index (κ3) is 4.20. The molecule has 1 rings (SSSR count). The van der Waals surface area contributed by atoms with Crippen molar-refractivity contribution in [1.29, 1.82) is 0 Å². The first kappa shape index (κ1) is 14.2. The molecule has 0 fully saturated rings. The number of aromatic carboxylic acids is 1. The van der Waals surface area contributed by atoms with Gasteiger partial charge in [0.1, 0.15) is 0 Å². The SMILES string of the molecule is CCCCC(C)C(=O)Nc1cccc(C(=O)O)c1. The Morgan fingerprint density at radius 3 is 2.72 bits per heavy atom. The van der Waals surface area contributed by atoms with Crippen molar-refractivity contribution in [3.05, 3.63) is 29.8 Å². The zero-order chi connectivity index (χ0) is 13.5. The number of rotatable bonds is 6. The maximum atomic E-state index is 11.8. The molecule has 0 saturated heterocycles. The Bertz CT molecular complexity index is 429. The van der Waals surface area contributed by atoms with E-state index in [-0.39, 0.29) is 17.4 Å². The largest absolute Gasteiger partial charge is 0.478 e. The second-order valence-corrected chi connectivity index (χ2v) is 4.42. The summed E-state index contributed by atoms with van der Waals surface area (Å²) in [5, 5.41) is 11.6. The number of hydrogen-bond donors (Lipinski definition) is 2. The Labute approximate surface area is 107 Å². The predicted octanol–water partition coefficient (Wildman–Crippen LogP) is 3.15. The highest BCUT2D eigenvalue weighted by Crippen LogP contribution is 2.14. The van der Waals surface area contributed by atoms with E-state index in [1.807, 2.05) is 6.92 Å². The molecule has 0 heterocycles. The number of carboxylic acids is 1. The fraction of sp³-hybridized carbons (Fsp3) is 0.429. The van der Waals surface area contributed by atoms with Gasteiger partial charge in [-0.15, -0.1) is 0 Å². The first-order valence-corrected chi connectivity index (χ1v) is 6.18. The van der Waals surface area contributed by atoms with Crippen molar-refractivity contribution in [2.45, 2.75) is 33.1 Å². The van der Waals surface area contributed by atoms with Gasteiger partial charge in [-0.2, -0.15) is 0 Å². The summed E-state index contributed by atoms with van der Waals surface area (Å²) in [5.41, 5.74) is 0.706. The van der Waals surface area contributed by atoms with Crippen molar-refractivity contribution in [2.75, 3.05) is 5.32 Å². The molecule has 1 atom stereocenters. The Kier molecular flexibility index (Phi) is 5.36. The molecule has 1 amide bonds. The molecule has 4 heteroatoms. The number of hydrogen-bond acceptors (Lipinski definition) is 2. The van der Waals surface area contributed by atoms with E-state index < -0.39 is 5.97 Å². The number of carbonyl (C=O) groups is 2. The van der Waals surface area contributed by atoms with Crippen molar-refractivity contribution in [2.24, 2.45) is 5.92 Å². The van der Waals surface area contributed by atoms with Crippen LogP contribution in [0.15, 0.2) is 24.3 Å². The van der Waals surface area contributed by atoms with Crippen LogP contribution in [0, 0.1) is 5.92 Å². The van der Waals surface area contributed by atoms with E-state index in [1.54, 1.807) is 12.1 Å². The number of benzene rings is 1. The smallest absolute Gasteiger partial charge is 0.335 e. The second-order valence-electron chi connectivity index (χ2n) is 4.42. The minimum absolute atomic E-state index is 0.0570. The van der Waals surface area contributed by atoms with E-state index in [0.29, 0.717) is 5.69 Å². The van der Waals surface area contributed by atoms with Gasteiger partial charge in [0.2, 0.25) is 5.91 Å². The van der Waals surface area contributed by atoms with Gasteiger partial charge in [0.25, 0.3) is 0 Å². The first-order chi connectivity index (χ1) is 8.54. The molecule has 0 aliphatic rings. The molecule has 1 unspecified atom stereocenters. The maximum Gasteiger partial charge on any atom is 0.335 e. The van der Waals surface area contributed by atoms with E-state index in [0.717, 1.165) is 19.3 Å². The summed E-state index contributed by atoms with van der Waals surface area (Å²) in [4.78, 5) is 22.6. The van der Waals surface area contributed by atoms with Gasteiger partial charge >= 0.3 is 5.97 Å². The van der Waals surface area contributed by atoms with Crippen LogP contribution in [0.2, 0.25) is 0 Å². The Morgan fingerprint density at radius 2 is 2.11 bits per heavy atom. The summed E-state index contributed by atoms with van der Waals surface area (Å²) in [7, 11) is 0. The molecule has 0 aromatic heterocycles. The van der Waals surface area contributed by atoms with Crippen molar-refractivity contribution in [3.8, 4) is 0 Å². The lowest BCUT2D eigenvalue weighted by atomic mass is 10.0. The number of nitrogens with one attached hydrogen (secondary N) is 1. The van der Waals surface area contributed by atoms with E-state index in [1.165, 1.54) is 12.1 Å². The average Bonchev–Trinajstić information content (AvgIpc) is 2.36. The third-order valence-corrected chi connectivity index (χ3v) is 2.82. The third-order valence-electron chi connectivity index (χ3n) is 2.82. The monoisotopic (exact) mass is 249 g/mol. The Morgan fingerprint density at radius 1 is 1.39 bits per heavy atom.